The Balaban J connectivity index is 2.16. The van der Waals surface area contributed by atoms with Gasteiger partial charge in [0.1, 0.15) is 11.6 Å². The molecule has 0 saturated carbocycles. The molecule has 106 valence electrons. The van der Waals surface area contributed by atoms with E-state index in [1.165, 1.54) is 6.07 Å². The summed E-state index contributed by atoms with van der Waals surface area (Å²) in [5, 5.41) is 9.18. The lowest BCUT2D eigenvalue weighted by atomic mass is 9.96. The number of benzene rings is 1. The molecule has 0 radical (unpaired) electrons. The lowest BCUT2D eigenvalue weighted by Gasteiger charge is -2.12. The summed E-state index contributed by atoms with van der Waals surface area (Å²) < 4.78 is 13.4. The Labute approximate surface area is 116 Å². The van der Waals surface area contributed by atoms with E-state index < -0.39 is 5.91 Å². The van der Waals surface area contributed by atoms with Crippen molar-refractivity contribution < 1.29 is 9.18 Å². The van der Waals surface area contributed by atoms with Crippen LogP contribution in [0, 0.1) is 12.7 Å². The maximum atomic E-state index is 13.4. The summed E-state index contributed by atoms with van der Waals surface area (Å²) >= 11 is 0. The van der Waals surface area contributed by atoms with Crippen molar-refractivity contribution in [2.45, 2.75) is 33.1 Å². The lowest BCUT2D eigenvalue weighted by Crippen LogP contribution is -2.16. The van der Waals surface area contributed by atoms with Crippen molar-refractivity contribution in [2.75, 3.05) is 5.32 Å². The summed E-state index contributed by atoms with van der Waals surface area (Å²) in [5.74, 6) is -0.179. The van der Waals surface area contributed by atoms with Crippen molar-refractivity contribution in [1.29, 1.82) is 0 Å². The Morgan fingerprint density at radius 2 is 2.05 bits per heavy atom. The molecule has 20 heavy (non-hydrogen) atoms. The Hall–Kier alpha value is -2.24. The van der Waals surface area contributed by atoms with Gasteiger partial charge in [-0.2, -0.15) is 0 Å². The van der Waals surface area contributed by atoms with Crippen molar-refractivity contribution in [3.05, 3.63) is 41.2 Å². The number of carbonyl (C=O) groups excluding carboxylic acids is 1. The van der Waals surface area contributed by atoms with Crippen LogP contribution >= 0.6 is 0 Å². The van der Waals surface area contributed by atoms with Gasteiger partial charge < -0.3 is 5.32 Å². The Kier molecular flexibility index (Phi) is 3.57. The van der Waals surface area contributed by atoms with Gasteiger partial charge in [-0.3, -0.25) is 9.89 Å². The van der Waals surface area contributed by atoms with Gasteiger partial charge in [-0.1, -0.05) is 26.8 Å². The van der Waals surface area contributed by atoms with Crippen molar-refractivity contribution >= 4 is 11.6 Å². The summed E-state index contributed by atoms with van der Waals surface area (Å²) in [7, 11) is 0. The van der Waals surface area contributed by atoms with Gasteiger partial charge in [-0.05, 0) is 24.6 Å². The fourth-order valence-electron chi connectivity index (χ4n) is 1.56. The van der Waals surface area contributed by atoms with E-state index in [0.29, 0.717) is 17.1 Å². The number of rotatable bonds is 2. The highest BCUT2D eigenvalue weighted by molar-refractivity contribution is 6.01. The maximum Gasteiger partial charge on any atom is 0.295 e. The fourth-order valence-corrected chi connectivity index (χ4v) is 1.56. The largest absolute Gasteiger partial charge is 0.319 e. The summed E-state index contributed by atoms with van der Waals surface area (Å²) in [5.41, 5.74) is 0.678. The van der Waals surface area contributed by atoms with E-state index in [1.807, 2.05) is 20.8 Å². The second-order valence-corrected chi connectivity index (χ2v) is 5.68. The van der Waals surface area contributed by atoms with E-state index in [9.17, 15) is 9.18 Å². The van der Waals surface area contributed by atoms with Gasteiger partial charge >= 0.3 is 0 Å². The minimum Gasteiger partial charge on any atom is -0.319 e. The van der Waals surface area contributed by atoms with E-state index in [-0.39, 0.29) is 17.1 Å². The first-order valence-electron chi connectivity index (χ1n) is 6.28. The number of hydrogen-bond donors (Lipinski definition) is 2. The van der Waals surface area contributed by atoms with Gasteiger partial charge in [0.05, 0.1) is 0 Å². The first-order chi connectivity index (χ1) is 9.27. The summed E-state index contributed by atoms with van der Waals surface area (Å²) in [6, 6.07) is 4.50. The van der Waals surface area contributed by atoms with Gasteiger partial charge in [-0.25, -0.2) is 9.37 Å². The molecular weight excluding hydrogens is 259 g/mol. The zero-order chi connectivity index (χ0) is 14.9. The third-order valence-corrected chi connectivity index (χ3v) is 2.83. The van der Waals surface area contributed by atoms with Crippen molar-refractivity contribution in [3.63, 3.8) is 0 Å². The van der Waals surface area contributed by atoms with Gasteiger partial charge in [-0.15, -0.1) is 5.10 Å². The van der Waals surface area contributed by atoms with Crippen LogP contribution < -0.4 is 5.32 Å². The van der Waals surface area contributed by atoms with E-state index in [0.717, 1.165) is 0 Å². The highest BCUT2D eigenvalue weighted by Gasteiger charge is 2.21. The zero-order valence-electron chi connectivity index (χ0n) is 11.9. The molecule has 2 rings (SSSR count). The Bertz CT molecular complexity index is 643. The summed E-state index contributed by atoms with van der Waals surface area (Å²) in [4.78, 5) is 16.1. The molecule has 6 heteroatoms. The van der Waals surface area contributed by atoms with Crippen LogP contribution in [0.2, 0.25) is 0 Å². The van der Waals surface area contributed by atoms with Crippen molar-refractivity contribution in [1.82, 2.24) is 15.2 Å². The first kappa shape index (κ1) is 14.2. The molecule has 0 aliphatic rings. The number of amides is 1. The van der Waals surface area contributed by atoms with Crippen molar-refractivity contribution in [3.8, 4) is 0 Å². The van der Waals surface area contributed by atoms with E-state index in [2.05, 4.69) is 20.5 Å². The smallest absolute Gasteiger partial charge is 0.295 e. The number of aryl methyl sites for hydroxylation is 1. The minimum atomic E-state index is -0.472. The number of nitrogens with one attached hydrogen (secondary N) is 2. The zero-order valence-corrected chi connectivity index (χ0v) is 11.9. The average Bonchev–Trinajstić information content (AvgIpc) is 2.83. The second kappa shape index (κ2) is 5.03. The third kappa shape index (κ3) is 3.01. The number of hydrogen-bond acceptors (Lipinski definition) is 3. The molecule has 2 aromatic rings. The van der Waals surface area contributed by atoms with Crippen LogP contribution in [0.4, 0.5) is 10.1 Å². The molecule has 1 aromatic carbocycles. The van der Waals surface area contributed by atoms with E-state index >= 15 is 0 Å². The number of halogens is 1. The van der Waals surface area contributed by atoms with Crippen LogP contribution in [0.3, 0.4) is 0 Å². The summed E-state index contributed by atoms with van der Waals surface area (Å²) in [6.07, 6.45) is 0. The molecule has 0 bridgehead atoms. The van der Waals surface area contributed by atoms with Crippen LogP contribution in [0.15, 0.2) is 18.2 Å². The molecule has 1 heterocycles. The highest BCUT2D eigenvalue weighted by Crippen LogP contribution is 2.18. The molecule has 2 N–H and O–H groups in total. The number of H-pyrrole nitrogens is 1. The molecule has 1 aromatic heterocycles. The third-order valence-electron chi connectivity index (χ3n) is 2.83. The molecule has 0 unspecified atom stereocenters. The van der Waals surface area contributed by atoms with Crippen molar-refractivity contribution in [2.24, 2.45) is 0 Å². The number of nitrogens with zero attached hydrogens (tertiary/aromatic N) is 2. The Morgan fingerprint density at radius 3 is 2.60 bits per heavy atom. The molecule has 0 atom stereocenters. The van der Waals surface area contributed by atoms with E-state index in [1.54, 1.807) is 19.1 Å². The quantitative estimate of drug-likeness (QED) is 0.886. The van der Waals surface area contributed by atoms with Crippen LogP contribution in [0.25, 0.3) is 0 Å². The number of anilines is 1. The van der Waals surface area contributed by atoms with E-state index in [4.69, 9.17) is 0 Å². The standard InChI is InChI=1S/C14H17FN4O/c1-8-5-6-9(7-10(8)15)16-12(20)11-17-13(19-18-11)14(2,3)4/h5-7H,1-4H3,(H,16,20)(H,17,18,19). The average molecular weight is 276 g/mol. The number of aromatic amines is 1. The molecule has 1 amide bonds. The molecule has 0 aliphatic heterocycles. The minimum absolute atomic E-state index is 0.0379. The SMILES string of the molecule is Cc1ccc(NC(=O)c2n[nH]c(C(C)(C)C)n2)cc1F. The van der Waals surface area contributed by atoms with Crippen LogP contribution in [0.1, 0.15) is 42.8 Å². The van der Waals surface area contributed by atoms with Gasteiger partial charge in [0.2, 0.25) is 5.82 Å². The van der Waals surface area contributed by atoms with Crippen LogP contribution in [-0.4, -0.2) is 21.1 Å². The molecule has 0 spiro atoms. The first-order valence-corrected chi connectivity index (χ1v) is 6.28. The van der Waals surface area contributed by atoms with Gasteiger partial charge in [0.25, 0.3) is 5.91 Å². The number of aromatic nitrogens is 3. The molecule has 5 nitrogen and oxygen atoms in total. The van der Waals surface area contributed by atoms with Gasteiger partial charge in [0.15, 0.2) is 0 Å². The second-order valence-electron chi connectivity index (χ2n) is 5.68. The summed E-state index contributed by atoms with van der Waals surface area (Å²) in [6.45, 7) is 7.55. The topological polar surface area (TPSA) is 70.7 Å². The Morgan fingerprint density at radius 1 is 1.35 bits per heavy atom. The normalized spacial score (nSPS) is 11.4. The molecule has 0 fully saturated rings. The fraction of sp³-hybridized carbons (Fsp3) is 0.357. The predicted molar refractivity (Wildman–Crippen MR) is 74.2 cm³/mol. The predicted octanol–water partition coefficient (Wildman–Crippen LogP) is 2.80. The molecular formula is C14H17FN4O. The number of carbonyl (C=O) groups is 1. The molecule has 0 aliphatic carbocycles. The van der Waals surface area contributed by atoms with Gasteiger partial charge in [0, 0.05) is 11.1 Å². The monoisotopic (exact) mass is 276 g/mol. The maximum absolute atomic E-state index is 13.4. The lowest BCUT2D eigenvalue weighted by molar-refractivity contribution is 0.101. The van der Waals surface area contributed by atoms with Crippen LogP contribution in [0.5, 0.6) is 0 Å². The van der Waals surface area contributed by atoms with Crippen LogP contribution in [-0.2, 0) is 5.41 Å². The highest BCUT2D eigenvalue weighted by atomic mass is 19.1. The molecule has 0 saturated heterocycles.